The van der Waals surface area contributed by atoms with Crippen molar-refractivity contribution in [3.8, 4) is 56.7 Å². The molecular formula is C54H37N5. The van der Waals surface area contributed by atoms with Gasteiger partial charge in [-0.15, -0.1) is 0 Å². The van der Waals surface area contributed by atoms with Crippen molar-refractivity contribution >= 4 is 43.6 Å². The lowest BCUT2D eigenvalue weighted by Gasteiger charge is -2.21. The molecule has 278 valence electrons. The van der Waals surface area contributed by atoms with Crippen molar-refractivity contribution in [3.05, 3.63) is 199 Å². The third kappa shape index (κ3) is 5.01. The monoisotopic (exact) mass is 755 g/mol. The standard InChI is InChI=1S/C54H37N5/c1-54(2)44-24-12-9-22-40(44)50-41(23-15-25-45(50)54)53-56-51(34-16-5-3-6-17-34)55-52(57-53)35-28-30-37(31-29-35)59-47-27-14-11-21-39(47)43-32-42-38-20-10-13-26-46(38)58(48(42)33-49(43)59)36-18-7-4-8-19-36/h3-33H,1-2H3. The Morgan fingerprint density at radius 3 is 1.51 bits per heavy atom. The number of benzene rings is 8. The number of hydrogen-bond acceptors (Lipinski definition) is 3. The minimum atomic E-state index is -0.132. The molecule has 0 fully saturated rings. The maximum absolute atomic E-state index is 5.25. The Kier molecular flexibility index (Phi) is 7.20. The zero-order valence-corrected chi connectivity index (χ0v) is 32.6. The Hall–Kier alpha value is -7.63. The quantitative estimate of drug-likeness (QED) is 0.176. The molecule has 0 amide bonds. The van der Waals surface area contributed by atoms with Crippen LogP contribution in [0.15, 0.2) is 188 Å². The molecule has 0 saturated heterocycles. The van der Waals surface area contributed by atoms with Gasteiger partial charge in [0.15, 0.2) is 17.5 Å². The van der Waals surface area contributed by atoms with Crippen LogP contribution in [0.25, 0.3) is 100 Å². The molecule has 8 aromatic carbocycles. The molecule has 5 heteroatoms. The highest BCUT2D eigenvalue weighted by atomic mass is 15.0. The fraction of sp³-hybridized carbons (Fsp3) is 0.0556. The third-order valence-corrected chi connectivity index (χ3v) is 12.4. The molecule has 5 nitrogen and oxygen atoms in total. The minimum absolute atomic E-state index is 0.132. The number of nitrogens with zero attached hydrogens (tertiary/aromatic N) is 5. The predicted molar refractivity (Wildman–Crippen MR) is 242 cm³/mol. The summed E-state index contributed by atoms with van der Waals surface area (Å²) >= 11 is 0. The lowest BCUT2D eigenvalue weighted by Crippen LogP contribution is -2.14. The summed E-state index contributed by atoms with van der Waals surface area (Å²) in [6, 6.07) is 67.1. The first-order valence-electron chi connectivity index (χ1n) is 20.2. The van der Waals surface area contributed by atoms with Crippen LogP contribution in [0.5, 0.6) is 0 Å². The summed E-state index contributed by atoms with van der Waals surface area (Å²) < 4.78 is 4.78. The molecule has 0 unspecified atom stereocenters. The second-order valence-electron chi connectivity index (χ2n) is 16.0. The first kappa shape index (κ1) is 33.5. The molecule has 1 aliphatic rings. The van der Waals surface area contributed by atoms with Crippen LogP contribution >= 0.6 is 0 Å². The van der Waals surface area contributed by atoms with Gasteiger partial charge in [0.2, 0.25) is 0 Å². The van der Waals surface area contributed by atoms with E-state index in [1.54, 1.807) is 0 Å². The van der Waals surface area contributed by atoms with Gasteiger partial charge in [0, 0.05) is 55.0 Å². The van der Waals surface area contributed by atoms with Crippen molar-refractivity contribution in [3.63, 3.8) is 0 Å². The van der Waals surface area contributed by atoms with E-state index in [0.717, 1.165) is 39.1 Å². The van der Waals surface area contributed by atoms with Crippen LogP contribution in [0.1, 0.15) is 25.0 Å². The van der Waals surface area contributed by atoms with E-state index in [2.05, 4.69) is 193 Å². The zero-order valence-electron chi connectivity index (χ0n) is 32.6. The van der Waals surface area contributed by atoms with E-state index in [0.29, 0.717) is 17.5 Å². The van der Waals surface area contributed by atoms with Crippen LogP contribution in [0.4, 0.5) is 0 Å². The smallest absolute Gasteiger partial charge is 0.164 e. The number of hydrogen-bond donors (Lipinski definition) is 0. The summed E-state index contributed by atoms with van der Waals surface area (Å²) in [5, 5.41) is 4.93. The normalized spacial score (nSPS) is 13.1. The zero-order chi connectivity index (χ0) is 39.2. The van der Waals surface area contributed by atoms with Gasteiger partial charge in [-0.3, -0.25) is 0 Å². The van der Waals surface area contributed by atoms with Gasteiger partial charge in [-0.2, -0.15) is 0 Å². The minimum Gasteiger partial charge on any atom is -0.309 e. The summed E-state index contributed by atoms with van der Waals surface area (Å²) in [5.41, 5.74) is 14.7. The van der Waals surface area contributed by atoms with Crippen molar-refractivity contribution in [2.45, 2.75) is 19.3 Å². The van der Waals surface area contributed by atoms with Crippen LogP contribution in [-0.2, 0) is 5.41 Å². The maximum Gasteiger partial charge on any atom is 0.164 e. The van der Waals surface area contributed by atoms with E-state index in [9.17, 15) is 0 Å². The van der Waals surface area contributed by atoms with Gasteiger partial charge in [-0.1, -0.05) is 141 Å². The Bertz CT molecular complexity index is 3450. The summed E-state index contributed by atoms with van der Waals surface area (Å²) in [6.45, 7) is 4.61. The molecule has 0 spiro atoms. The molecule has 0 N–H and O–H groups in total. The lowest BCUT2D eigenvalue weighted by atomic mass is 9.82. The molecule has 0 saturated carbocycles. The average Bonchev–Trinajstić information content (AvgIpc) is 3.88. The highest BCUT2D eigenvalue weighted by Crippen LogP contribution is 2.51. The van der Waals surface area contributed by atoms with Crippen LogP contribution in [0.3, 0.4) is 0 Å². The second kappa shape index (κ2) is 12.7. The van der Waals surface area contributed by atoms with Crippen LogP contribution in [0.2, 0.25) is 0 Å². The predicted octanol–water partition coefficient (Wildman–Crippen LogP) is 13.4. The molecule has 11 aromatic rings. The summed E-state index contributed by atoms with van der Waals surface area (Å²) in [7, 11) is 0. The Labute approximate surface area is 341 Å². The van der Waals surface area contributed by atoms with Crippen molar-refractivity contribution in [1.29, 1.82) is 0 Å². The molecule has 12 rings (SSSR count). The molecular weight excluding hydrogens is 719 g/mol. The number of fused-ring (bicyclic) bond motifs is 9. The second-order valence-corrected chi connectivity index (χ2v) is 16.0. The highest BCUT2D eigenvalue weighted by molar-refractivity contribution is 6.19. The molecule has 3 aromatic heterocycles. The SMILES string of the molecule is CC1(C)c2ccccc2-c2c(-c3nc(-c4ccccc4)nc(-c4ccc(-n5c6ccccc6c6cc7c8ccccc8n(-c8ccccc8)c7cc65)cc4)n3)cccc21. The number of aromatic nitrogens is 5. The van der Waals surface area contributed by atoms with Gasteiger partial charge in [-0.25, -0.2) is 15.0 Å². The Balaban J connectivity index is 1.04. The fourth-order valence-corrected chi connectivity index (χ4v) is 9.61. The summed E-state index contributed by atoms with van der Waals surface area (Å²) in [6.07, 6.45) is 0. The summed E-state index contributed by atoms with van der Waals surface area (Å²) in [4.78, 5) is 15.5. The fourth-order valence-electron chi connectivity index (χ4n) is 9.61. The van der Waals surface area contributed by atoms with Crippen molar-refractivity contribution in [2.75, 3.05) is 0 Å². The third-order valence-electron chi connectivity index (χ3n) is 12.4. The van der Waals surface area contributed by atoms with E-state index >= 15 is 0 Å². The topological polar surface area (TPSA) is 48.5 Å². The van der Waals surface area contributed by atoms with Gasteiger partial charge in [0.25, 0.3) is 0 Å². The van der Waals surface area contributed by atoms with E-state index in [4.69, 9.17) is 15.0 Å². The molecule has 0 aliphatic heterocycles. The Morgan fingerprint density at radius 2 is 0.847 bits per heavy atom. The largest absolute Gasteiger partial charge is 0.309 e. The Morgan fingerprint density at radius 1 is 0.356 bits per heavy atom. The lowest BCUT2D eigenvalue weighted by molar-refractivity contribution is 0.660. The van der Waals surface area contributed by atoms with Crippen LogP contribution < -0.4 is 0 Å². The van der Waals surface area contributed by atoms with E-state index in [-0.39, 0.29) is 5.41 Å². The van der Waals surface area contributed by atoms with Crippen LogP contribution in [0, 0.1) is 0 Å². The van der Waals surface area contributed by atoms with Gasteiger partial charge < -0.3 is 9.13 Å². The average molecular weight is 756 g/mol. The van der Waals surface area contributed by atoms with Crippen molar-refractivity contribution in [2.24, 2.45) is 0 Å². The molecule has 3 heterocycles. The first-order chi connectivity index (χ1) is 29.0. The van der Waals surface area contributed by atoms with E-state index in [1.165, 1.54) is 54.8 Å². The van der Waals surface area contributed by atoms with Crippen molar-refractivity contribution < 1.29 is 0 Å². The van der Waals surface area contributed by atoms with Gasteiger partial charge in [-0.05, 0) is 82.9 Å². The van der Waals surface area contributed by atoms with Gasteiger partial charge in [0.1, 0.15) is 0 Å². The van der Waals surface area contributed by atoms with Gasteiger partial charge >= 0.3 is 0 Å². The highest BCUT2D eigenvalue weighted by Gasteiger charge is 2.37. The first-order valence-corrected chi connectivity index (χ1v) is 20.2. The molecule has 0 radical (unpaired) electrons. The van der Waals surface area contributed by atoms with Gasteiger partial charge in [0.05, 0.1) is 22.1 Å². The molecule has 0 atom stereocenters. The number of rotatable bonds is 5. The molecule has 1 aliphatic carbocycles. The van der Waals surface area contributed by atoms with Crippen LogP contribution in [-0.4, -0.2) is 24.1 Å². The number of para-hydroxylation sites is 3. The van der Waals surface area contributed by atoms with E-state index in [1.807, 2.05) is 18.2 Å². The molecule has 0 bridgehead atoms. The van der Waals surface area contributed by atoms with Crippen molar-refractivity contribution in [1.82, 2.24) is 24.1 Å². The molecule has 59 heavy (non-hydrogen) atoms. The maximum atomic E-state index is 5.25. The summed E-state index contributed by atoms with van der Waals surface area (Å²) in [5.74, 6) is 1.96. The van der Waals surface area contributed by atoms with E-state index < -0.39 is 0 Å².